The van der Waals surface area contributed by atoms with Gasteiger partial charge in [-0.05, 0) is 0 Å². The van der Waals surface area contributed by atoms with Crippen LogP contribution in [0.5, 0.6) is 0 Å². The van der Waals surface area contributed by atoms with Crippen LogP contribution in [0.2, 0.25) is 0 Å². The summed E-state index contributed by atoms with van der Waals surface area (Å²) in [6.07, 6.45) is 0. The molecule has 2 atom stereocenters. The molecule has 34 heavy (non-hydrogen) atoms. The molecular weight excluding hydrogens is 452 g/mol. The van der Waals surface area contributed by atoms with Crippen LogP contribution in [0.1, 0.15) is 41.8 Å². The van der Waals surface area contributed by atoms with E-state index in [0.717, 1.165) is 14.2 Å². The molecule has 2 aliphatic carbocycles. The van der Waals surface area contributed by atoms with E-state index < -0.39 is 17.4 Å². The number of aliphatic hydroxyl groups is 2. The normalized spacial score (nSPS) is 16.1. The first-order chi connectivity index (χ1) is 16.7. The van der Waals surface area contributed by atoms with E-state index in [0.29, 0.717) is 8.45 Å². The van der Waals surface area contributed by atoms with Crippen molar-refractivity contribution in [1.29, 1.82) is 0 Å². The molecule has 2 unspecified atom stereocenters. The van der Waals surface area contributed by atoms with Crippen LogP contribution in [-0.4, -0.2) is 29.2 Å². The van der Waals surface area contributed by atoms with Gasteiger partial charge in [0.1, 0.15) is 0 Å². The minimum atomic E-state index is -1.92. The Balaban J connectivity index is 0.000000652. The van der Waals surface area contributed by atoms with Gasteiger partial charge < -0.3 is 10.2 Å². The van der Waals surface area contributed by atoms with Gasteiger partial charge in [-0.2, -0.15) is 0 Å². The molecule has 0 aromatic heterocycles. The van der Waals surface area contributed by atoms with Crippen LogP contribution in [0, 0.1) is 13.8 Å². The predicted octanol–water partition coefficient (Wildman–Crippen LogP) is 6.41. The third-order valence-electron chi connectivity index (χ3n) is 7.09. The van der Waals surface area contributed by atoms with E-state index in [1.165, 1.54) is 44.5 Å². The fourth-order valence-electron chi connectivity index (χ4n) is 5.83. The molecule has 0 radical (unpaired) electrons. The molecule has 0 amide bonds. The molecule has 3 heteroatoms. The zero-order valence-electron chi connectivity index (χ0n) is 20.3. The van der Waals surface area contributed by atoms with Gasteiger partial charge in [0.25, 0.3) is 0 Å². The average molecular weight is 484 g/mol. The van der Waals surface area contributed by atoms with E-state index in [1.54, 1.807) is 11.1 Å². The molecule has 0 bridgehead atoms. The van der Waals surface area contributed by atoms with Crippen LogP contribution in [0.25, 0.3) is 22.3 Å². The molecule has 0 fully saturated rings. The number of aliphatic hydroxyl groups excluding tert-OH is 2. The van der Waals surface area contributed by atoms with Gasteiger partial charge in [-0.3, -0.25) is 0 Å². The Morgan fingerprint density at radius 3 is 1.29 bits per heavy atom. The zero-order valence-corrected chi connectivity index (χ0v) is 21.9. The summed E-state index contributed by atoms with van der Waals surface area (Å²) in [6, 6.07) is 31.7. The van der Waals surface area contributed by atoms with Crippen LogP contribution in [0.15, 0.2) is 84.9 Å². The van der Waals surface area contributed by atoms with Crippen LogP contribution < -0.4 is 0 Å². The van der Waals surface area contributed by atoms with Gasteiger partial charge in [-0.25, -0.2) is 0 Å². The number of hydrogen-bond acceptors (Lipinski definition) is 2. The van der Waals surface area contributed by atoms with Gasteiger partial charge in [-0.1, -0.05) is 0 Å². The van der Waals surface area contributed by atoms with E-state index in [2.05, 4.69) is 98.8 Å². The zero-order chi connectivity index (χ0) is 24.4. The Morgan fingerprint density at radius 1 is 0.529 bits per heavy atom. The maximum atomic E-state index is 7.00. The number of aryl methyl sites for hydroxylation is 2. The fourth-order valence-corrected chi connectivity index (χ4v) is 10.7. The van der Waals surface area contributed by atoms with Crippen molar-refractivity contribution in [3.05, 3.63) is 118 Å². The number of rotatable bonds is 2. The van der Waals surface area contributed by atoms with Crippen molar-refractivity contribution < 1.29 is 27.6 Å². The third kappa shape index (κ3) is 3.76. The van der Waals surface area contributed by atoms with Crippen LogP contribution in [-0.2, 0) is 17.4 Å². The van der Waals surface area contributed by atoms with Crippen molar-refractivity contribution in [1.82, 2.24) is 0 Å². The topological polar surface area (TPSA) is 40.5 Å². The Kier molecular flexibility index (Phi) is 7.45. The molecule has 4 aromatic carbocycles. The molecule has 0 heterocycles. The summed E-state index contributed by atoms with van der Waals surface area (Å²) in [6.45, 7) is 4.57. The Morgan fingerprint density at radius 2 is 0.882 bits per heavy atom. The van der Waals surface area contributed by atoms with E-state index in [9.17, 15) is 0 Å². The molecule has 2 N–H and O–H groups in total. The maximum absolute atomic E-state index is 7.00. The van der Waals surface area contributed by atoms with Crippen LogP contribution in [0.4, 0.5) is 0 Å². The number of benzene rings is 4. The SMILES string of the molecule is CO.CO.[CH2]=[Ti]([CH]1c2ccccc2-c2cccc(C)c21)[CH]1c2ccccc2-c2cccc(C)c21. The fraction of sp³-hybridized carbons (Fsp3) is 0.194. The quantitative estimate of drug-likeness (QED) is 0.323. The summed E-state index contributed by atoms with van der Waals surface area (Å²) < 4.78 is 0.946. The number of hydrogen-bond donors (Lipinski definition) is 2. The average Bonchev–Trinajstić information content (AvgIpc) is 3.41. The van der Waals surface area contributed by atoms with E-state index in [-0.39, 0.29) is 0 Å². The Bertz CT molecular complexity index is 1250. The third-order valence-corrected chi connectivity index (χ3v) is 11.3. The summed E-state index contributed by atoms with van der Waals surface area (Å²) in [5, 5.41) is 14.0. The summed E-state index contributed by atoms with van der Waals surface area (Å²) in [5.41, 5.74) is 14.6. The van der Waals surface area contributed by atoms with Crippen molar-refractivity contribution in [3.8, 4) is 22.3 Å². The molecule has 172 valence electrons. The van der Waals surface area contributed by atoms with Gasteiger partial charge in [0, 0.05) is 14.2 Å². The predicted molar refractivity (Wildman–Crippen MR) is 140 cm³/mol. The summed E-state index contributed by atoms with van der Waals surface area (Å²) in [4.78, 5) is 5.05. The Labute approximate surface area is 208 Å². The molecule has 0 aliphatic heterocycles. The van der Waals surface area contributed by atoms with E-state index in [1.807, 2.05) is 0 Å². The van der Waals surface area contributed by atoms with Crippen LogP contribution in [0.3, 0.4) is 0 Å². The minimum absolute atomic E-state index is 0.473. The molecule has 2 aliphatic rings. The summed E-state index contributed by atoms with van der Waals surface area (Å²) in [7, 11) is 2.00. The standard InChI is InChI=1S/2C14H11.2CH4O.CH2.Ti/c2*1-10-5-4-8-13-12-7-3-2-6-11(12)9-14(10)13;2*1-2;;/h2*2-9H,1H3;2*2H,1H3;1H2;. The first-order valence-electron chi connectivity index (χ1n) is 11.6. The van der Waals surface area contributed by atoms with Crippen LogP contribution >= 0.6 is 0 Å². The Hall–Kier alpha value is -2.62. The molecule has 2 nitrogen and oxygen atoms in total. The van der Waals surface area contributed by atoms with Gasteiger partial charge in [0.05, 0.1) is 0 Å². The molecule has 4 aromatic rings. The number of fused-ring (bicyclic) bond motifs is 6. The van der Waals surface area contributed by atoms with Crippen molar-refractivity contribution in [3.63, 3.8) is 0 Å². The summed E-state index contributed by atoms with van der Waals surface area (Å²) >= 11 is -1.92. The van der Waals surface area contributed by atoms with Crippen molar-refractivity contribution in [2.45, 2.75) is 22.3 Å². The molecule has 0 spiro atoms. The first kappa shape index (κ1) is 24.5. The first-order valence-corrected chi connectivity index (χ1v) is 14.5. The monoisotopic (exact) mass is 484 g/mol. The van der Waals surface area contributed by atoms with E-state index >= 15 is 0 Å². The molecule has 0 saturated heterocycles. The van der Waals surface area contributed by atoms with Crippen molar-refractivity contribution >= 4 is 4.82 Å². The van der Waals surface area contributed by atoms with Gasteiger partial charge >= 0.3 is 185 Å². The molecular formula is C31H32O2Ti. The second-order valence-electron chi connectivity index (χ2n) is 8.69. The van der Waals surface area contributed by atoms with Gasteiger partial charge in [0.2, 0.25) is 0 Å². The van der Waals surface area contributed by atoms with Crippen molar-refractivity contribution in [2.24, 2.45) is 0 Å². The van der Waals surface area contributed by atoms with Gasteiger partial charge in [0.15, 0.2) is 0 Å². The summed E-state index contributed by atoms with van der Waals surface area (Å²) in [5.74, 6) is 0. The molecule has 0 saturated carbocycles. The van der Waals surface area contributed by atoms with Gasteiger partial charge in [-0.15, -0.1) is 0 Å². The second kappa shape index (κ2) is 10.3. The van der Waals surface area contributed by atoms with Crippen molar-refractivity contribution in [2.75, 3.05) is 14.2 Å². The second-order valence-corrected chi connectivity index (χ2v) is 12.3. The van der Waals surface area contributed by atoms with E-state index in [4.69, 9.17) is 15.0 Å². The molecule has 6 rings (SSSR count).